The molecular formula is C27H38O10. The van der Waals surface area contributed by atoms with Crippen LogP contribution in [-0.2, 0) is 19.1 Å². The van der Waals surface area contributed by atoms with E-state index in [2.05, 4.69) is 6.92 Å². The summed E-state index contributed by atoms with van der Waals surface area (Å²) >= 11 is 0. The van der Waals surface area contributed by atoms with E-state index in [4.69, 9.17) is 9.47 Å². The normalized spacial score (nSPS) is 51.2. The van der Waals surface area contributed by atoms with E-state index in [1.165, 1.54) is 0 Å². The lowest BCUT2D eigenvalue weighted by Crippen LogP contribution is -2.62. The molecule has 6 N–H and O–H groups in total. The van der Waals surface area contributed by atoms with Gasteiger partial charge in [0.2, 0.25) is 0 Å². The maximum absolute atomic E-state index is 13.5. The summed E-state index contributed by atoms with van der Waals surface area (Å²) in [5.74, 6) is -0.738. The van der Waals surface area contributed by atoms with Gasteiger partial charge in [-0.3, -0.25) is 9.59 Å². The first-order valence-corrected chi connectivity index (χ1v) is 13.2. The number of hydrogen-bond acceptors (Lipinski definition) is 10. The van der Waals surface area contributed by atoms with Crippen LogP contribution in [0, 0.1) is 28.6 Å². The van der Waals surface area contributed by atoms with Crippen molar-refractivity contribution in [2.45, 2.75) is 88.4 Å². The summed E-state index contributed by atoms with van der Waals surface area (Å²) in [6.45, 7) is 2.68. The highest BCUT2D eigenvalue weighted by atomic mass is 16.7. The van der Waals surface area contributed by atoms with Crippen LogP contribution >= 0.6 is 0 Å². The van der Waals surface area contributed by atoms with Gasteiger partial charge in [0.15, 0.2) is 17.9 Å². The van der Waals surface area contributed by atoms with Crippen molar-refractivity contribution in [3.63, 3.8) is 0 Å². The number of carbonyl (C=O) groups excluding carboxylic acids is 2. The largest absolute Gasteiger partial charge is 0.394 e. The molecule has 1 heterocycles. The van der Waals surface area contributed by atoms with Crippen molar-refractivity contribution in [2.75, 3.05) is 13.2 Å². The number of ketones is 2. The van der Waals surface area contributed by atoms with Gasteiger partial charge in [0, 0.05) is 16.7 Å². The minimum absolute atomic E-state index is 0.0217. The van der Waals surface area contributed by atoms with Crippen LogP contribution in [0.1, 0.15) is 46.0 Å². The number of aliphatic hydroxyl groups excluding tert-OH is 5. The van der Waals surface area contributed by atoms with Crippen molar-refractivity contribution >= 4 is 11.6 Å². The quantitative estimate of drug-likeness (QED) is 0.273. The smallest absolute Gasteiger partial charge is 0.190 e. The van der Waals surface area contributed by atoms with E-state index in [1.807, 2.05) is 13.0 Å². The van der Waals surface area contributed by atoms with Crippen LogP contribution in [0.25, 0.3) is 0 Å². The Balaban J connectivity index is 1.34. The Bertz CT molecular complexity index is 1010. The highest BCUT2D eigenvalue weighted by Crippen LogP contribution is 2.67. The highest BCUT2D eigenvalue weighted by molar-refractivity contribution is 6.01. The lowest BCUT2D eigenvalue weighted by atomic mass is 9.46. The van der Waals surface area contributed by atoms with E-state index in [1.54, 1.807) is 12.2 Å². The second-order valence-electron chi connectivity index (χ2n) is 12.0. The molecule has 0 bridgehead atoms. The molecule has 0 aromatic carbocycles. The van der Waals surface area contributed by atoms with Crippen molar-refractivity contribution in [2.24, 2.45) is 28.6 Å². The van der Waals surface area contributed by atoms with Gasteiger partial charge < -0.3 is 40.1 Å². The van der Waals surface area contributed by atoms with E-state index in [-0.39, 0.29) is 36.4 Å². The third-order valence-corrected chi connectivity index (χ3v) is 10.3. The Kier molecular flexibility index (Phi) is 6.81. The second-order valence-corrected chi connectivity index (χ2v) is 12.0. The van der Waals surface area contributed by atoms with Crippen LogP contribution in [0.4, 0.5) is 0 Å². The zero-order valence-corrected chi connectivity index (χ0v) is 21.2. The Morgan fingerprint density at radius 2 is 1.86 bits per heavy atom. The molecule has 1 aliphatic heterocycles. The maximum atomic E-state index is 13.5. The molecule has 10 nitrogen and oxygen atoms in total. The van der Waals surface area contributed by atoms with Crippen LogP contribution in [0.2, 0.25) is 0 Å². The molecule has 0 aromatic rings. The highest BCUT2D eigenvalue weighted by Gasteiger charge is 2.68. The molecule has 1 saturated heterocycles. The van der Waals surface area contributed by atoms with Crippen molar-refractivity contribution in [3.05, 3.63) is 23.8 Å². The number of ether oxygens (including phenoxy) is 2. The van der Waals surface area contributed by atoms with Gasteiger partial charge >= 0.3 is 0 Å². The maximum Gasteiger partial charge on any atom is 0.190 e. The van der Waals surface area contributed by atoms with Gasteiger partial charge in [0.05, 0.1) is 12.7 Å². The van der Waals surface area contributed by atoms with Crippen LogP contribution < -0.4 is 0 Å². The van der Waals surface area contributed by atoms with E-state index < -0.39 is 72.2 Å². The monoisotopic (exact) mass is 522 g/mol. The van der Waals surface area contributed by atoms with Crippen molar-refractivity contribution in [1.29, 1.82) is 0 Å². The molecule has 4 fully saturated rings. The Labute approximate surface area is 215 Å². The van der Waals surface area contributed by atoms with Gasteiger partial charge in [-0.2, -0.15) is 0 Å². The fourth-order valence-corrected chi connectivity index (χ4v) is 8.27. The molecule has 5 aliphatic rings. The third-order valence-electron chi connectivity index (χ3n) is 10.3. The molecule has 1 unspecified atom stereocenters. The van der Waals surface area contributed by atoms with Crippen molar-refractivity contribution < 1.29 is 49.7 Å². The summed E-state index contributed by atoms with van der Waals surface area (Å²) in [6.07, 6.45) is -0.603. The van der Waals surface area contributed by atoms with E-state index in [9.17, 15) is 40.2 Å². The molecule has 0 spiro atoms. The fourth-order valence-electron chi connectivity index (χ4n) is 8.27. The molecule has 0 radical (unpaired) electrons. The summed E-state index contributed by atoms with van der Waals surface area (Å²) < 4.78 is 10.8. The molecular weight excluding hydrogens is 484 g/mol. The number of fused-ring (bicyclic) bond motifs is 5. The summed E-state index contributed by atoms with van der Waals surface area (Å²) in [5, 5.41) is 62.8. The number of hydrogen-bond donors (Lipinski definition) is 6. The predicted octanol–water partition coefficient (Wildman–Crippen LogP) is -0.618. The number of rotatable bonds is 5. The van der Waals surface area contributed by atoms with Gasteiger partial charge in [-0.1, -0.05) is 25.5 Å². The molecule has 206 valence electrons. The molecule has 37 heavy (non-hydrogen) atoms. The fraction of sp³-hybridized carbons (Fsp3) is 0.778. The standard InChI is InChI=1S/C27H38O10/c1-25-7-5-14(29)9-13(25)3-4-15-16-6-8-27(35,26(16,2)10-17(30)20(15)25)19(31)12-36-24-23(34)22(33)21(32)18(11-28)37-24/h5,7,9,15-18,20-24,28,30,32-35H,3-4,6,8,10-12H2,1-2H3/t15-,16-,17?,18-,20+,21+,22-,23+,24+,25-,26-,27-/m0/s1. The molecule has 5 rings (SSSR count). The summed E-state index contributed by atoms with van der Waals surface area (Å²) in [5.41, 5.74) is -2.10. The molecule has 3 saturated carbocycles. The summed E-state index contributed by atoms with van der Waals surface area (Å²) in [7, 11) is 0. The molecule has 0 aromatic heterocycles. The number of aliphatic hydroxyl groups is 6. The average molecular weight is 523 g/mol. The topological polar surface area (TPSA) is 174 Å². The van der Waals surface area contributed by atoms with Gasteiger partial charge in [-0.25, -0.2) is 0 Å². The Hall–Kier alpha value is -1.50. The Morgan fingerprint density at radius 3 is 2.57 bits per heavy atom. The number of Topliss-reactive ketones (excluding diaryl/α,β-unsaturated/α-hetero) is 1. The first kappa shape index (κ1) is 27.1. The molecule has 12 atom stereocenters. The minimum Gasteiger partial charge on any atom is -0.394 e. The predicted molar refractivity (Wildman–Crippen MR) is 128 cm³/mol. The van der Waals surface area contributed by atoms with Gasteiger partial charge in [-0.05, 0) is 56.1 Å². The van der Waals surface area contributed by atoms with E-state index >= 15 is 0 Å². The summed E-state index contributed by atoms with van der Waals surface area (Å²) in [6, 6.07) is 0. The zero-order chi connectivity index (χ0) is 26.9. The lowest BCUT2D eigenvalue weighted by molar-refractivity contribution is -0.300. The van der Waals surface area contributed by atoms with Crippen LogP contribution in [0.5, 0.6) is 0 Å². The lowest BCUT2D eigenvalue weighted by Gasteiger charge is -2.59. The second kappa shape index (κ2) is 9.31. The third kappa shape index (κ3) is 3.91. The van der Waals surface area contributed by atoms with Crippen molar-refractivity contribution in [1.82, 2.24) is 0 Å². The molecule has 4 aliphatic carbocycles. The van der Waals surface area contributed by atoms with Gasteiger partial charge in [0.1, 0.15) is 36.6 Å². The van der Waals surface area contributed by atoms with Gasteiger partial charge in [0.25, 0.3) is 0 Å². The Morgan fingerprint density at radius 1 is 1.14 bits per heavy atom. The average Bonchev–Trinajstić information content (AvgIpc) is 3.13. The van der Waals surface area contributed by atoms with Gasteiger partial charge in [-0.15, -0.1) is 0 Å². The minimum atomic E-state index is -1.77. The van der Waals surface area contributed by atoms with Crippen LogP contribution in [0.15, 0.2) is 23.8 Å². The number of carbonyl (C=O) groups is 2. The molecule has 10 heteroatoms. The van der Waals surface area contributed by atoms with E-state index in [0.717, 1.165) is 18.4 Å². The van der Waals surface area contributed by atoms with Crippen molar-refractivity contribution in [3.8, 4) is 0 Å². The zero-order valence-electron chi connectivity index (χ0n) is 21.2. The molecule has 0 amide bonds. The SMILES string of the molecule is C[C@]12C=CC(=O)C=C1CC[C@@H]1[C@@H]2C(O)C[C@@]2(C)[C@H]1CC[C@]2(O)C(=O)CO[C@@H]1O[C@@H](CO)[C@@H](O)[C@H](O)[C@H]1O. The first-order chi connectivity index (χ1) is 17.4. The van der Waals surface area contributed by atoms with Crippen LogP contribution in [-0.4, -0.2) is 97.8 Å². The number of allylic oxidation sites excluding steroid dienone is 4. The van der Waals surface area contributed by atoms with E-state index in [0.29, 0.717) is 6.42 Å². The first-order valence-electron chi connectivity index (χ1n) is 13.2. The van der Waals surface area contributed by atoms with Crippen LogP contribution in [0.3, 0.4) is 0 Å². The summed E-state index contributed by atoms with van der Waals surface area (Å²) in [4.78, 5) is 25.4.